The number of methoxy groups -OCH3 is 2. The number of ether oxygens (including phenoxy) is 2. The number of hydrogen-bond acceptors (Lipinski definition) is 10. The quantitative estimate of drug-likeness (QED) is 0.574. The van der Waals surface area contributed by atoms with Crippen LogP contribution >= 0.6 is 0 Å². The third kappa shape index (κ3) is 4.13. The molecule has 3 aromatic rings. The fourth-order valence-corrected chi connectivity index (χ4v) is 3.58. The van der Waals surface area contributed by atoms with E-state index in [4.69, 9.17) is 13.9 Å². The number of rotatable bonds is 8. The van der Waals surface area contributed by atoms with Gasteiger partial charge in [0.25, 0.3) is 0 Å². The second-order valence-electron chi connectivity index (χ2n) is 6.88. The summed E-state index contributed by atoms with van der Waals surface area (Å²) in [7, 11) is 5.11. The van der Waals surface area contributed by atoms with Crippen molar-refractivity contribution < 1.29 is 13.9 Å². The minimum atomic E-state index is 0.260. The topological polar surface area (TPSA) is 110 Å². The lowest BCUT2D eigenvalue weighted by Crippen LogP contribution is -2.34. The highest BCUT2D eigenvalue weighted by Gasteiger charge is 2.27. The molecule has 1 unspecified atom stereocenters. The average Bonchev–Trinajstić information content (AvgIpc) is 3.46. The predicted octanol–water partition coefficient (Wildman–Crippen LogP) is 2.94. The Labute approximate surface area is 174 Å². The van der Waals surface area contributed by atoms with Gasteiger partial charge in [0, 0.05) is 32.5 Å². The number of nitrogens with zero attached hydrogens (tertiary/aromatic N) is 5. The normalized spacial score (nSPS) is 16.0. The number of nitrogens with one attached hydrogen (secondary N) is 2. The summed E-state index contributed by atoms with van der Waals surface area (Å²) in [6.07, 6.45) is 5.17. The maximum absolute atomic E-state index is 5.52. The lowest BCUT2D eigenvalue weighted by atomic mass is 10.1. The summed E-state index contributed by atoms with van der Waals surface area (Å²) >= 11 is 0. The molecule has 0 amide bonds. The summed E-state index contributed by atoms with van der Waals surface area (Å²) in [4.78, 5) is 19.8. The first kappa shape index (κ1) is 19.9. The number of benzene rings is 1. The van der Waals surface area contributed by atoms with Crippen LogP contribution in [0, 0.1) is 0 Å². The average molecular weight is 411 g/mol. The van der Waals surface area contributed by atoms with Crippen molar-refractivity contribution in [1.82, 2.24) is 19.9 Å². The molecule has 1 atom stereocenters. The van der Waals surface area contributed by atoms with Crippen molar-refractivity contribution >= 4 is 23.5 Å². The highest BCUT2D eigenvalue weighted by Crippen LogP contribution is 2.33. The van der Waals surface area contributed by atoms with Crippen molar-refractivity contribution in [2.24, 2.45) is 0 Å². The van der Waals surface area contributed by atoms with Crippen LogP contribution in [-0.2, 0) is 4.74 Å². The van der Waals surface area contributed by atoms with Gasteiger partial charge >= 0.3 is 0 Å². The van der Waals surface area contributed by atoms with E-state index in [-0.39, 0.29) is 6.04 Å². The van der Waals surface area contributed by atoms with Gasteiger partial charge in [-0.25, -0.2) is 4.98 Å². The molecule has 0 aliphatic carbocycles. The van der Waals surface area contributed by atoms with Gasteiger partial charge in [0.05, 0.1) is 31.5 Å². The molecule has 1 aromatic carbocycles. The van der Waals surface area contributed by atoms with Crippen molar-refractivity contribution in [3.05, 3.63) is 30.8 Å². The van der Waals surface area contributed by atoms with E-state index in [0.717, 1.165) is 30.6 Å². The molecule has 1 aliphatic rings. The van der Waals surface area contributed by atoms with E-state index in [0.29, 0.717) is 36.0 Å². The fraction of sp³-hybridized carbons (Fsp3) is 0.400. The van der Waals surface area contributed by atoms with Crippen LogP contribution < -0.4 is 20.3 Å². The monoisotopic (exact) mass is 411 g/mol. The van der Waals surface area contributed by atoms with E-state index in [9.17, 15) is 0 Å². The molecule has 158 valence electrons. The molecule has 2 N–H and O–H groups in total. The maximum atomic E-state index is 5.52. The Morgan fingerprint density at radius 1 is 1.20 bits per heavy atom. The van der Waals surface area contributed by atoms with Crippen molar-refractivity contribution in [1.29, 1.82) is 0 Å². The number of hydrogen-bond donors (Lipinski definition) is 2. The summed E-state index contributed by atoms with van der Waals surface area (Å²) in [5, 5.41) is 6.26. The Kier molecular flexibility index (Phi) is 5.94. The molecule has 0 bridgehead atoms. The second kappa shape index (κ2) is 8.95. The molecule has 1 aliphatic heterocycles. The van der Waals surface area contributed by atoms with E-state index >= 15 is 0 Å². The molecular weight excluding hydrogens is 386 g/mol. The highest BCUT2D eigenvalue weighted by atomic mass is 16.5. The second-order valence-corrected chi connectivity index (χ2v) is 6.88. The van der Waals surface area contributed by atoms with Crippen LogP contribution in [0.3, 0.4) is 0 Å². The summed E-state index contributed by atoms with van der Waals surface area (Å²) in [5.41, 5.74) is 1.59. The molecule has 2 aromatic heterocycles. The first-order valence-electron chi connectivity index (χ1n) is 9.75. The van der Waals surface area contributed by atoms with Gasteiger partial charge in [0.2, 0.25) is 17.8 Å². The van der Waals surface area contributed by atoms with Crippen LogP contribution in [0.4, 0.5) is 23.5 Å². The summed E-state index contributed by atoms with van der Waals surface area (Å²) in [5.74, 6) is 2.86. The van der Waals surface area contributed by atoms with Gasteiger partial charge in [-0.3, -0.25) is 0 Å². The molecular formula is C20H25N7O3. The summed E-state index contributed by atoms with van der Waals surface area (Å²) in [6, 6.07) is 5.94. The zero-order valence-corrected chi connectivity index (χ0v) is 17.3. The lowest BCUT2D eigenvalue weighted by molar-refractivity contribution is 0.180. The minimum Gasteiger partial charge on any atom is -0.496 e. The molecule has 3 heterocycles. The van der Waals surface area contributed by atoms with E-state index in [1.165, 1.54) is 6.39 Å². The molecule has 0 spiro atoms. The summed E-state index contributed by atoms with van der Waals surface area (Å²) in [6.45, 7) is 1.53. The van der Waals surface area contributed by atoms with Crippen molar-refractivity contribution in [3.8, 4) is 17.1 Å². The Morgan fingerprint density at radius 3 is 2.80 bits per heavy atom. The van der Waals surface area contributed by atoms with Crippen molar-refractivity contribution in [2.45, 2.75) is 18.9 Å². The van der Waals surface area contributed by atoms with E-state index in [1.807, 2.05) is 18.2 Å². The smallest absolute Gasteiger partial charge is 0.233 e. The molecule has 1 saturated heterocycles. The van der Waals surface area contributed by atoms with Gasteiger partial charge in [-0.1, -0.05) is 0 Å². The minimum absolute atomic E-state index is 0.260. The maximum Gasteiger partial charge on any atom is 0.233 e. The first-order chi connectivity index (χ1) is 14.7. The molecule has 1 fully saturated rings. The van der Waals surface area contributed by atoms with E-state index in [2.05, 4.69) is 35.5 Å². The van der Waals surface area contributed by atoms with Crippen LogP contribution in [-0.4, -0.2) is 60.4 Å². The molecule has 10 nitrogen and oxygen atoms in total. The standard InChI is InChI=1S/C20H25N7O3/c1-21-18-24-19(26-20(25-18)27-8-4-5-14(27)11-28-2)23-13-6-7-15(16(9-13)29-3)17-10-22-12-30-17/h6-7,9-10,12,14H,4-5,8,11H2,1-3H3,(H2,21,23,24,25,26). The third-order valence-electron chi connectivity index (χ3n) is 5.00. The van der Waals surface area contributed by atoms with Crippen LogP contribution in [0.1, 0.15) is 12.8 Å². The predicted molar refractivity (Wildman–Crippen MR) is 113 cm³/mol. The zero-order valence-electron chi connectivity index (χ0n) is 17.3. The number of oxazole rings is 1. The zero-order chi connectivity index (χ0) is 20.9. The van der Waals surface area contributed by atoms with Gasteiger partial charge in [-0.15, -0.1) is 0 Å². The largest absolute Gasteiger partial charge is 0.496 e. The van der Waals surface area contributed by atoms with Crippen LogP contribution in [0.2, 0.25) is 0 Å². The number of anilines is 4. The van der Waals surface area contributed by atoms with E-state index in [1.54, 1.807) is 27.5 Å². The van der Waals surface area contributed by atoms with Crippen molar-refractivity contribution in [3.63, 3.8) is 0 Å². The Hall–Kier alpha value is -3.40. The van der Waals surface area contributed by atoms with Crippen LogP contribution in [0.5, 0.6) is 5.75 Å². The molecule has 4 rings (SSSR count). The van der Waals surface area contributed by atoms with Gasteiger partial charge in [0.15, 0.2) is 12.2 Å². The Bertz CT molecular complexity index is 981. The Morgan fingerprint density at radius 2 is 2.07 bits per heavy atom. The van der Waals surface area contributed by atoms with Crippen LogP contribution in [0.15, 0.2) is 35.2 Å². The molecule has 30 heavy (non-hydrogen) atoms. The first-order valence-corrected chi connectivity index (χ1v) is 9.75. The number of aromatic nitrogens is 4. The van der Waals surface area contributed by atoms with E-state index < -0.39 is 0 Å². The van der Waals surface area contributed by atoms with Crippen LogP contribution in [0.25, 0.3) is 11.3 Å². The summed E-state index contributed by atoms with van der Waals surface area (Å²) < 4.78 is 16.3. The highest BCUT2D eigenvalue weighted by molar-refractivity contribution is 5.71. The Balaban J connectivity index is 1.61. The van der Waals surface area contributed by atoms with Gasteiger partial charge in [0.1, 0.15) is 5.75 Å². The molecule has 0 saturated carbocycles. The SMILES string of the molecule is CNc1nc(Nc2ccc(-c3cnco3)c(OC)c2)nc(N2CCCC2COC)n1. The van der Waals surface area contributed by atoms with Gasteiger partial charge in [-0.2, -0.15) is 15.0 Å². The van der Waals surface area contributed by atoms with Crippen molar-refractivity contribution in [2.75, 3.05) is 50.0 Å². The van der Waals surface area contributed by atoms with Gasteiger partial charge in [-0.05, 0) is 25.0 Å². The molecule has 10 heteroatoms. The van der Waals surface area contributed by atoms with Gasteiger partial charge < -0.3 is 29.4 Å². The molecule has 0 radical (unpaired) electrons. The lowest BCUT2D eigenvalue weighted by Gasteiger charge is -2.24. The third-order valence-corrected chi connectivity index (χ3v) is 5.00. The fourth-order valence-electron chi connectivity index (χ4n) is 3.58.